The summed E-state index contributed by atoms with van der Waals surface area (Å²) in [5.74, 6) is -1.00. The lowest BCUT2D eigenvalue weighted by atomic mass is 9.78. The fourth-order valence-corrected chi connectivity index (χ4v) is 4.08. The molecule has 2 aromatic rings. The molecule has 32 heavy (non-hydrogen) atoms. The van der Waals surface area contributed by atoms with Crippen molar-refractivity contribution in [3.63, 3.8) is 0 Å². The number of carbonyl (C=O) groups is 1. The number of hydrogen-bond acceptors (Lipinski definition) is 3. The van der Waals surface area contributed by atoms with Crippen molar-refractivity contribution in [2.24, 2.45) is 0 Å². The summed E-state index contributed by atoms with van der Waals surface area (Å²) in [7, 11) is 0. The highest BCUT2D eigenvalue weighted by atomic mass is 19.4. The third-order valence-corrected chi connectivity index (χ3v) is 5.76. The molecule has 1 N–H and O–H groups in total. The van der Waals surface area contributed by atoms with Crippen molar-refractivity contribution < 1.29 is 18.0 Å². The molecule has 0 fully saturated rings. The molecule has 0 saturated carbocycles. The molecule has 2 atom stereocenters. The molecule has 0 bridgehead atoms. The summed E-state index contributed by atoms with van der Waals surface area (Å²) in [5.41, 5.74) is 1.98. The van der Waals surface area contributed by atoms with Gasteiger partial charge in [0.05, 0.1) is 11.6 Å². The number of benzene rings is 2. The molecule has 3 nitrogen and oxygen atoms in total. The summed E-state index contributed by atoms with van der Waals surface area (Å²) in [6, 6.07) is 18.0. The van der Waals surface area contributed by atoms with E-state index in [1.54, 1.807) is 24.3 Å². The lowest BCUT2D eigenvalue weighted by molar-refractivity contribution is -0.116. The topological polar surface area (TPSA) is 52.9 Å². The Bertz CT molecular complexity index is 1060. The SMILES string of the molecule is C=C(C[C@H](C1=C(N[C@H](C)c2ccccc2)CCCC1=O)c1cccc(C#N)c1)C(F)(F)F. The van der Waals surface area contributed by atoms with E-state index in [1.807, 2.05) is 43.3 Å². The number of nitrogens with one attached hydrogen (secondary N) is 1. The van der Waals surface area contributed by atoms with Crippen LogP contribution in [0.4, 0.5) is 13.2 Å². The van der Waals surface area contributed by atoms with Crippen molar-refractivity contribution in [2.75, 3.05) is 0 Å². The number of allylic oxidation sites excluding steroid dienone is 3. The molecule has 3 rings (SSSR count). The van der Waals surface area contributed by atoms with Gasteiger partial charge in [-0.3, -0.25) is 4.79 Å². The van der Waals surface area contributed by atoms with E-state index >= 15 is 0 Å². The van der Waals surface area contributed by atoms with Crippen LogP contribution < -0.4 is 5.32 Å². The summed E-state index contributed by atoms with van der Waals surface area (Å²) in [6.45, 7) is 5.20. The van der Waals surface area contributed by atoms with Gasteiger partial charge in [0.15, 0.2) is 5.78 Å². The fourth-order valence-electron chi connectivity index (χ4n) is 4.08. The molecule has 0 amide bonds. The number of halogens is 3. The highest BCUT2D eigenvalue weighted by Gasteiger charge is 2.37. The van der Waals surface area contributed by atoms with Crippen LogP contribution in [0.2, 0.25) is 0 Å². The van der Waals surface area contributed by atoms with Gasteiger partial charge in [-0.05, 0) is 49.4 Å². The quantitative estimate of drug-likeness (QED) is 0.502. The minimum absolute atomic E-state index is 0.121. The molecule has 1 aliphatic rings. The van der Waals surface area contributed by atoms with Crippen LogP contribution in [-0.2, 0) is 4.79 Å². The summed E-state index contributed by atoms with van der Waals surface area (Å²) in [4.78, 5) is 13.0. The lowest BCUT2D eigenvalue weighted by Crippen LogP contribution is -2.28. The monoisotopic (exact) mass is 438 g/mol. The maximum atomic E-state index is 13.4. The molecular weight excluding hydrogens is 413 g/mol. The molecular formula is C26H25F3N2O. The van der Waals surface area contributed by atoms with Gasteiger partial charge < -0.3 is 5.32 Å². The zero-order chi connectivity index (χ0) is 23.3. The second kappa shape index (κ2) is 9.86. The maximum Gasteiger partial charge on any atom is 0.412 e. The molecule has 0 aliphatic heterocycles. The van der Waals surface area contributed by atoms with Crippen LogP contribution in [0.5, 0.6) is 0 Å². The molecule has 0 unspecified atom stereocenters. The molecule has 0 radical (unpaired) electrons. The van der Waals surface area contributed by atoms with E-state index in [0.29, 0.717) is 35.2 Å². The molecule has 0 aromatic heterocycles. The van der Waals surface area contributed by atoms with Gasteiger partial charge >= 0.3 is 6.18 Å². The molecule has 0 spiro atoms. The number of ketones is 1. The van der Waals surface area contributed by atoms with Crippen LogP contribution in [0.15, 0.2) is 78.0 Å². The van der Waals surface area contributed by atoms with Gasteiger partial charge in [-0.15, -0.1) is 0 Å². The van der Waals surface area contributed by atoms with E-state index in [-0.39, 0.29) is 18.2 Å². The molecule has 166 valence electrons. The number of nitriles is 1. The molecule has 0 saturated heterocycles. The van der Waals surface area contributed by atoms with Crippen LogP contribution in [0.25, 0.3) is 0 Å². The summed E-state index contributed by atoms with van der Waals surface area (Å²) in [5, 5.41) is 12.7. The van der Waals surface area contributed by atoms with Crippen molar-refractivity contribution in [1.82, 2.24) is 5.32 Å². The van der Waals surface area contributed by atoms with E-state index in [2.05, 4.69) is 11.9 Å². The first-order chi connectivity index (χ1) is 15.2. The van der Waals surface area contributed by atoms with E-state index < -0.39 is 24.1 Å². The van der Waals surface area contributed by atoms with Gasteiger partial charge in [0.2, 0.25) is 0 Å². The molecule has 1 aliphatic carbocycles. The van der Waals surface area contributed by atoms with Crippen LogP contribution in [0.1, 0.15) is 61.3 Å². The number of Topliss-reactive ketones (excluding diaryl/α,β-unsaturated/α-hetero) is 1. The number of nitrogens with zero attached hydrogens (tertiary/aromatic N) is 1. The highest BCUT2D eigenvalue weighted by Crippen LogP contribution is 2.41. The highest BCUT2D eigenvalue weighted by molar-refractivity contribution is 5.98. The van der Waals surface area contributed by atoms with Gasteiger partial charge in [-0.1, -0.05) is 49.0 Å². The van der Waals surface area contributed by atoms with Gasteiger partial charge in [-0.2, -0.15) is 18.4 Å². The van der Waals surface area contributed by atoms with E-state index in [4.69, 9.17) is 0 Å². The van der Waals surface area contributed by atoms with Crippen molar-refractivity contribution in [1.29, 1.82) is 5.26 Å². The minimum atomic E-state index is -4.56. The number of rotatable bonds is 7. The predicted octanol–water partition coefficient (Wildman–Crippen LogP) is 6.51. The minimum Gasteiger partial charge on any atom is -0.381 e. The second-order valence-electron chi connectivity index (χ2n) is 8.04. The van der Waals surface area contributed by atoms with Gasteiger partial charge in [0, 0.05) is 35.2 Å². The van der Waals surface area contributed by atoms with E-state index in [0.717, 1.165) is 5.56 Å². The molecule has 0 heterocycles. The third-order valence-electron chi connectivity index (χ3n) is 5.76. The smallest absolute Gasteiger partial charge is 0.381 e. The van der Waals surface area contributed by atoms with Crippen molar-refractivity contribution in [2.45, 2.75) is 50.7 Å². The van der Waals surface area contributed by atoms with E-state index in [9.17, 15) is 23.2 Å². The van der Waals surface area contributed by atoms with Gasteiger partial charge in [-0.25, -0.2) is 0 Å². The average molecular weight is 438 g/mol. The Balaban J connectivity index is 2.08. The largest absolute Gasteiger partial charge is 0.412 e. The Labute approximate surface area is 186 Å². The molecule has 6 heteroatoms. The van der Waals surface area contributed by atoms with Crippen LogP contribution in [0, 0.1) is 11.3 Å². The van der Waals surface area contributed by atoms with Crippen LogP contribution in [0.3, 0.4) is 0 Å². The maximum absolute atomic E-state index is 13.4. The van der Waals surface area contributed by atoms with Crippen molar-refractivity contribution in [3.05, 3.63) is 94.7 Å². The predicted molar refractivity (Wildman–Crippen MR) is 118 cm³/mol. The second-order valence-corrected chi connectivity index (χ2v) is 8.04. The summed E-state index contributed by atoms with van der Waals surface area (Å²) >= 11 is 0. The van der Waals surface area contributed by atoms with Crippen molar-refractivity contribution >= 4 is 5.78 Å². The van der Waals surface area contributed by atoms with Gasteiger partial charge in [0.1, 0.15) is 0 Å². The first-order valence-corrected chi connectivity index (χ1v) is 10.5. The normalized spacial score (nSPS) is 16.3. The number of alkyl halides is 3. The number of carbonyl (C=O) groups excluding carboxylic acids is 1. The first kappa shape index (κ1) is 23.3. The van der Waals surface area contributed by atoms with Crippen LogP contribution in [-0.4, -0.2) is 12.0 Å². The zero-order valence-electron chi connectivity index (χ0n) is 17.9. The first-order valence-electron chi connectivity index (χ1n) is 10.5. The Morgan fingerprint density at radius 2 is 1.81 bits per heavy atom. The van der Waals surface area contributed by atoms with Crippen molar-refractivity contribution in [3.8, 4) is 6.07 Å². The Morgan fingerprint density at radius 1 is 1.12 bits per heavy atom. The van der Waals surface area contributed by atoms with Crippen LogP contribution >= 0.6 is 0 Å². The fraction of sp³-hybridized carbons (Fsp3) is 0.308. The Hall–Kier alpha value is -3.33. The molecule has 2 aromatic carbocycles. The van der Waals surface area contributed by atoms with Gasteiger partial charge in [0.25, 0.3) is 0 Å². The summed E-state index contributed by atoms with van der Waals surface area (Å²) in [6.07, 6.45) is -3.51. The lowest BCUT2D eigenvalue weighted by Gasteiger charge is -2.30. The Morgan fingerprint density at radius 3 is 2.47 bits per heavy atom. The third kappa shape index (κ3) is 5.47. The average Bonchev–Trinajstić information content (AvgIpc) is 2.78. The summed E-state index contributed by atoms with van der Waals surface area (Å²) < 4.78 is 40.2. The standard InChI is InChI=1S/C26H25F3N2O/c1-17(26(27,28)29)14-22(21-11-6-8-19(15-21)16-30)25-23(12-7-13-24(25)32)31-18(2)20-9-4-3-5-10-20/h3-6,8-11,15,18,22,31H,1,7,12-14H2,2H3/t18-,22+/m1/s1. The zero-order valence-corrected chi connectivity index (χ0v) is 17.9. The Kier molecular flexibility index (Phi) is 7.19. The number of hydrogen-bond donors (Lipinski definition) is 1. The van der Waals surface area contributed by atoms with E-state index in [1.165, 1.54) is 0 Å².